The fraction of sp³-hybridized carbons (Fsp3) is 0.474. The lowest BCUT2D eigenvalue weighted by atomic mass is 9.92. The number of rotatable bonds is 5. The number of hydrogen-bond donors (Lipinski definition) is 1. The van der Waals surface area contributed by atoms with Crippen LogP contribution < -0.4 is 10.1 Å². The number of amides is 2. The largest absolute Gasteiger partial charge is 0.497 e. The van der Waals surface area contributed by atoms with E-state index < -0.39 is 0 Å². The molecule has 0 bridgehead atoms. The van der Waals surface area contributed by atoms with Crippen molar-refractivity contribution in [3.63, 3.8) is 0 Å². The molecule has 0 atom stereocenters. The van der Waals surface area contributed by atoms with Crippen molar-refractivity contribution in [2.45, 2.75) is 32.6 Å². The Morgan fingerprint density at radius 2 is 2.08 bits per heavy atom. The Morgan fingerprint density at radius 1 is 1.33 bits per heavy atom. The second-order valence-corrected chi connectivity index (χ2v) is 5.93. The van der Waals surface area contributed by atoms with Gasteiger partial charge in [-0.2, -0.15) is 0 Å². The zero-order chi connectivity index (χ0) is 17.4. The SMILES string of the molecule is CC#CC(=O)N1CCC(CCC(=O)Nc2cccc(OC)c2)CC1. The standard InChI is InChI=1S/C19H24N2O3/c1-3-5-19(23)21-12-10-15(11-13-21)8-9-18(22)20-16-6-4-7-17(14-16)24-2/h4,6-7,14-15H,8-13H2,1-2H3,(H,20,22). The fourth-order valence-corrected chi connectivity index (χ4v) is 2.87. The first-order valence-corrected chi connectivity index (χ1v) is 8.28. The minimum atomic E-state index is -0.0910. The Bertz CT molecular complexity index is 638. The molecule has 1 heterocycles. The van der Waals surface area contributed by atoms with E-state index in [1.807, 2.05) is 18.2 Å². The molecule has 0 saturated carbocycles. The number of anilines is 1. The summed E-state index contributed by atoms with van der Waals surface area (Å²) in [7, 11) is 1.60. The van der Waals surface area contributed by atoms with Crippen LogP contribution in [-0.4, -0.2) is 36.9 Å². The maximum atomic E-state index is 12.1. The number of carbonyl (C=O) groups is 2. The van der Waals surface area contributed by atoms with E-state index in [0.717, 1.165) is 43.8 Å². The molecule has 2 rings (SSSR count). The fourth-order valence-electron chi connectivity index (χ4n) is 2.87. The van der Waals surface area contributed by atoms with Gasteiger partial charge in [0, 0.05) is 31.3 Å². The first-order chi connectivity index (χ1) is 11.6. The van der Waals surface area contributed by atoms with Gasteiger partial charge in [-0.3, -0.25) is 9.59 Å². The van der Waals surface area contributed by atoms with Gasteiger partial charge in [0.1, 0.15) is 5.75 Å². The molecule has 0 aliphatic carbocycles. The topological polar surface area (TPSA) is 58.6 Å². The average Bonchev–Trinajstić information content (AvgIpc) is 2.61. The predicted octanol–water partition coefficient (Wildman–Crippen LogP) is 2.68. The summed E-state index contributed by atoms with van der Waals surface area (Å²) < 4.78 is 5.15. The van der Waals surface area contributed by atoms with Crippen LogP contribution in [0.1, 0.15) is 32.6 Å². The molecule has 128 valence electrons. The number of methoxy groups -OCH3 is 1. The highest BCUT2D eigenvalue weighted by atomic mass is 16.5. The number of carbonyl (C=O) groups excluding carboxylic acids is 2. The van der Waals surface area contributed by atoms with Gasteiger partial charge in [0.25, 0.3) is 5.91 Å². The maximum Gasteiger partial charge on any atom is 0.298 e. The lowest BCUT2D eigenvalue weighted by Gasteiger charge is -2.30. The molecule has 5 nitrogen and oxygen atoms in total. The predicted molar refractivity (Wildman–Crippen MR) is 93.6 cm³/mol. The van der Waals surface area contributed by atoms with Gasteiger partial charge in [-0.1, -0.05) is 12.0 Å². The van der Waals surface area contributed by atoms with Crippen molar-refractivity contribution in [1.82, 2.24) is 4.90 Å². The second kappa shape index (κ2) is 8.97. The molecule has 0 aromatic heterocycles. The van der Waals surface area contributed by atoms with Gasteiger partial charge in [-0.15, -0.1) is 0 Å². The van der Waals surface area contributed by atoms with Crippen LogP contribution in [0.25, 0.3) is 0 Å². The first kappa shape index (κ1) is 17.9. The van der Waals surface area contributed by atoms with E-state index in [2.05, 4.69) is 17.2 Å². The van der Waals surface area contributed by atoms with E-state index in [9.17, 15) is 9.59 Å². The van der Waals surface area contributed by atoms with E-state index in [-0.39, 0.29) is 11.8 Å². The average molecular weight is 328 g/mol. The first-order valence-electron chi connectivity index (χ1n) is 8.28. The van der Waals surface area contributed by atoms with Crippen LogP contribution >= 0.6 is 0 Å². The Hall–Kier alpha value is -2.48. The van der Waals surface area contributed by atoms with E-state index in [4.69, 9.17) is 4.74 Å². The third-order valence-corrected chi connectivity index (χ3v) is 4.27. The summed E-state index contributed by atoms with van der Waals surface area (Å²) in [5.41, 5.74) is 0.748. The number of nitrogens with one attached hydrogen (secondary N) is 1. The van der Waals surface area contributed by atoms with Gasteiger partial charge >= 0.3 is 0 Å². The molecule has 1 aromatic carbocycles. The van der Waals surface area contributed by atoms with Crippen molar-refractivity contribution in [1.29, 1.82) is 0 Å². The van der Waals surface area contributed by atoms with Crippen molar-refractivity contribution in [2.75, 3.05) is 25.5 Å². The number of piperidine rings is 1. The van der Waals surface area contributed by atoms with Crippen molar-refractivity contribution in [3.05, 3.63) is 24.3 Å². The van der Waals surface area contributed by atoms with Crippen LogP contribution in [-0.2, 0) is 9.59 Å². The summed E-state index contributed by atoms with van der Waals surface area (Å²) in [5.74, 6) is 6.35. The van der Waals surface area contributed by atoms with E-state index >= 15 is 0 Å². The van der Waals surface area contributed by atoms with Crippen molar-refractivity contribution in [2.24, 2.45) is 5.92 Å². The molecular weight excluding hydrogens is 304 g/mol. The molecule has 1 aliphatic rings. The van der Waals surface area contributed by atoms with Crippen LogP contribution in [0.2, 0.25) is 0 Å². The van der Waals surface area contributed by atoms with Gasteiger partial charge in [0.2, 0.25) is 5.91 Å². The molecule has 2 amide bonds. The summed E-state index contributed by atoms with van der Waals surface area (Å²) in [6.45, 7) is 3.14. The highest BCUT2D eigenvalue weighted by Gasteiger charge is 2.22. The van der Waals surface area contributed by atoms with Gasteiger partial charge in [0.15, 0.2) is 0 Å². The Morgan fingerprint density at radius 3 is 2.75 bits per heavy atom. The van der Waals surface area contributed by atoms with Gasteiger partial charge in [0.05, 0.1) is 7.11 Å². The van der Waals surface area contributed by atoms with Crippen LogP contribution in [0.5, 0.6) is 5.75 Å². The Balaban J connectivity index is 1.72. The smallest absolute Gasteiger partial charge is 0.298 e. The molecule has 1 saturated heterocycles. The molecule has 0 radical (unpaired) electrons. The molecule has 0 spiro atoms. The number of nitrogens with zero attached hydrogens (tertiary/aromatic N) is 1. The van der Waals surface area contributed by atoms with Gasteiger partial charge < -0.3 is 15.0 Å². The number of ether oxygens (including phenoxy) is 1. The third kappa shape index (κ3) is 5.31. The highest BCUT2D eigenvalue weighted by molar-refractivity contribution is 5.93. The summed E-state index contributed by atoms with van der Waals surface area (Å²) in [6, 6.07) is 7.34. The molecule has 1 aliphatic heterocycles. The van der Waals surface area contributed by atoms with E-state index in [1.54, 1.807) is 25.0 Å². The summed E-state index contributed by atoms with van der Waals surface area (Å²) in [6.07, 6.45) is 3.20. The lowest BCUT2D eigenvalue weighted by Crippen LogP contribution is -2.37. The van der Waals surface area contributed by atoms with E-state index in [0.29, 0.717) is 12.3 Å². The van der Waals surface area contributed by atoms with Crippen molar-refractivity contribution >= 4 is 17.5 Å². The van der Waals surface area contributed by atoms with E-state index in [1.165, 1.54) is 0 Å². The minimum absolute atomic E-state index is 0.0126. The zero-order valence-corrected chi connectivity index (χ0v) is 14.3. The van der Waals surface area contributed by atoms with Crippen molar-refractivity contribution < 1.29 is 14.3 Å². The second-order valence-electron chi connectivity index (χ2n) is 5.93. The summed E-state index contributed by atoms with van der Waals surface area (Å²) in [4.78, 5) is 25.6. The maximum absolute atomic E-state index is 12.1. The molecule has 1 fully saturated rings. The number of hydrogen-bond acceptors (Lipinski definition) is 3. The molecule has 1 N–H and O–H groups in total. The Kier molecular flexibility index (Phi) is 6.68. The van der Waals surface area contributed by atoms with Crippen LogP contribution in [0.4, 0.5) is 5.69 Å². The van der Waals surface area contributed by atoms with Gasteiger partial charge in [-0.25, -0.2) is 0 Å². The molecule has 24 heavy (non-hydrogen) atoms. The molecule has 5 heteroatoms. The van der Waals surface area contributed by atoms with Crippen LogP contribution in [0.15, 0.2) is 24.3 Å². The number of benzene rings is 1. The minimum Gasteiger partial charge on any atom is -0.497 e. The lowest BCUT2D eigenvalue weighted by molar-refractivity contribution is -0.126. The monoisotopic (exact) mass is 328 g/mol. The third-order valence-electron chi connectivity index (χ3n) is 4.27. The molecule has 0 unspecified atom stereocenters. The van der Waals surface area contributed by atoms with Crippen LogP contribution in [0.3, 0.4) is 0 Å². The Labute approximate surface area is 143 Å². The summed E-state index contributed by atoms with van der Waals surface area (Å²) >= 11 is 0. The number of likely N-dealkylation sites (tertiary alicyclic amines) is 1. The van der Waals surface area contributed by atoms with Gasteiger partial charge in [-0.05, 0) is 50.2 Å². The van der Waals surface area contributed by atoms with Crippen molar-refractivity contribution in [3.8, 4) is 17.6 Å². The molecular formula is C19H24N2O3. The highest BCUT2D eigenvalue weighted by Crippen LogP contribution is 2.23. The zero-order valence-electron chi connectivity index (χ0n) is 14.3. The molecule has 1 aromatic rings. The van der Waals surface area contributed by atoms with Crippen LogP contribution in [0, 0.1) is 17.8 Å². The summed E-state index contributed by atoms with van der Waals surface area (Å²) in [5, 5.41) is 2.90. The normalized spacial score (nSPS) is 14.5. The quantitative estimate of drug-likeness (QED) is 0.846.